The van der Waals surface area contributed by atoms with E-state index in [9.17, 15) is 9.59 Å². The van der Waals surface area contributed by atoms with Crippen LogP contribution in [0.1, 0.15) is 36.1 Å². The van der Waals surface area contributed by atoms with Gasteiger partial charge in [-0.05, 0) is 30.3 Å². The minimum Gasteiger partial charge on any atom is -0.365 e. The highest BCUT2D eigenvalue weighted by atomic mass is 35.5. The first kappa shape index (κ1) is 22.9. The number of thiophene rings is 1. The highest BCUT2D eigenvalue weighted by Gasteiger charge is 2.27. The number of carbonyl (C=O) groups excluding carboxylic acids is 1. The average molecular weight is 482 g/mol. The molecule has 4 rings (SSSR count). The Morgan fingerprint density at radius 1 is 1.12 bits per heavy atom. The Labute approximate surface area is 200 Å². The molecule has 7 nitrogen and oxygen atoms in total. The van der Waals surface area contributed by atoms with E-state index in [4.69, 9.17) is 11.6 Å². The lowest BCUT2D eigenvalue weighted by molar-refractivity contribution is 0.0752. The van der Waals surface area contributed by atoms with Gasteiger partial charge in [0.1, 0.15) is 11.5 Å². The van der Waals surface area contributed by atoms with Crippen LogP contribution in [0.2, 0.25) is 4.34 Å². The van der Waals surface area contributed by atoms with Crippen molar-refractivity contribution < 1.29 is 4.79 Å². The van der Waals surface area contributed by atoms with Crippen molar-refractivity contribution in [1.82, 2.24) is 19.3 Å². The monoisotopic (exact) mass is 481 g/mol. The van der Waals surface area contributed by atoms with Gasteiger partial charge in [-0.15, -0.1) is 11.3 Å². The molecule has 0 aliphatic carbocycles. The molecule has 1 N–H and O–H groups in total. The first-order valence-corrected chi connectivity index (χ1v) is 11.6. The van der Waals surface area contributed by atoms with Crippen LogP contribution in [-0.2, 0) is 13.1 Å². The molecular weight excluding hydrogens is 458 g/mol. The molecular formula is C24H24ClN5O2S. The molecule has 4 aromatic heterocycles. The number of nitrogens with zero attached hydrogens (tertiary/aromatic N) is 4. The third-order valence-corrected chi connectivity index (χ3v) is 6.21. The van der Waals surface area contributed by atoms with Crippen LogP contribution in [-0.4, -0.2) is 25.2 Å². The minimum absolute atomic E-state index is 0.157. The Kier molecular flexibility index (Phi) is 6.49. The second kappa shape index (κ2) is 9.33. The van der Waals surface area contributed by atoms with E-state index >= 15 is 0 Å². The molecule has 0 amide bonds. The number of nitrogens with one attached hydrogen (secondary N) is 1. The number of rotatable bonds is 6. The average Bonchev–Trinajstić information content (AvgIpc) is 3.39. The minimum atomic E-state index is -0.643. The van der Waals surface area contributed by atoms with E-state index in [1.54, 1.807) is 22.9 Å². The molecule has 0 saturated heterocycles. The molecule has 170 valence electrons. The van der Waals surface area contributed by atoms with Crippen LogP contribution in [0.5, 0.6) is 0 Å². The van der Waals surface area contributed by atoms with Crippen LogP contribution in [0, 0.1) is 5.41 Å². The van der Waals surface area contributed by atoms with Gasteiger partial charge < -0.3 is 9.88 Å². The van der Waals surface area contributed by atoms with Gasteiger partial charge in [-0.3, -0.25) is 14.6 Å². The van der Waals surface area contributed by atoms with Crippen molar-refractivity contribution in [3.63, 3.8) is 0 Å². The lowest BCUT2D eigenvalue weighted by Crippen LogP contribution is -2.29. The van der Waals surface area contributed by atoms with Gasteiger partial charge in [0, 0.05) is 28.6 Å². The summed E-state index contributed by atoms with van der Waals surface area (Å²) in [5.74, 6) is 0.394. The highest BCUT2D eigenvalue weighted by Crippen LogP contribution is 2.27. The molecule has 0 fully saturated rings. The number of carbonyl (C=O) groups is 1. The van der Waals surface area contributed by atoms with Gasteiger partial charge in [0.05, 0.1) is 28.8 Å². The summed E-state index contributed by atoms with van der Waals surface area (Å²) >= 11 is 7.52. The summed E-state index contributed by atoms with van der Waals surface area (Å²) < 4.78 is 3.70. The molecule has 0 saturated carbocycles. The van der Waals surface area contributed by atoms with Crippen LogP contribution < -0.4 is 10.9 Å². The van der Waals surface area contributed by atoms with Crippen molar-refractivity contribution in [2.75, 3.05) is 5.32 Å². The van der Waals surface area contributed by atoms with Crippen molar-refractivity contribution in [3.8, 4) is 11.4 Å². The number of halogens is 1. The van der Waals surface area contributed by atoms with E-state index in [0.29, 0.717) is 34.6 Å². The fraction of sp³-hybridized carbons (Fsp3) is 0.250. The zero-order valence-corrected chi connectivity index (χ0v) is 20.2. The smallest absolute Gasteiger partial charge is 0.254 e. The van der Waals surface area contributed by atoms with Gasteiger partial charge in [0.15, 0.2) is 0 Å². The molecule has 0 aromatic carbocycles. The molecule has 0 unspecified atom stereocenters. The first-order chi connectivity index (χ1) is 15.7. The number of pyridine rings is 2. The summed E-state index contributed by atoms with van der Waals surface area (Å²) in [6, 6.07) is 16.2. The van der Waals surface area contributed by atoms with Gasteiger partial charge in [-0.25, -0.2) is 0 Å². The second-order valence-corrected chi connectivity index (χ2v) is 10.4. The van der Waals surface area contributed by atoms with E-state index in [-0.39, 0.29) is 11.5 Å². The molecule has 33 heavy (non-hydrogen) atoms. The second-order valence-electron chi connectivity index (χ2n) is 8.60. The normalized spacial score (nSPS) is 11.5. The van der Waals surface area contributed by atoms with E-state index in [1.807, 2.05) is 57.2 Å². The Balaban J connectivity index is 1.75. The molecule has 0 bridgehead atoms. The Morgan fingerprint density at radius 2 is 1.94 bits per heavy atom. The lowest BCUT2D eigenvalue weighted by Gasteiger charge is -2.18. The summed E-state index contributed by atoms with van der Waals surface area (Å²) in [6.45, 7) is 6.33. The molecule has 0 atom stereocenters. The fourth-order valence-electron chi connectivity index (χ4n) is 3.29. The zero-order valence-electron chi connectivity index (χ0n) is 18.6. The number of hydrogen-bond donors (Lipinski definition) is 1. The number of hydrogen-bond acceptors (Lipinski definition) is 6. The Morgan fingerprint density at radius 3 is 2.61 bits per heavy atom. The quantitative estimate of drug-likeness (QED) is 0.411. The number of anilines is 1. The Hall–Kier alpha value is -3.23. The van der Waals surface area contributed by atoms with E-state index in [0.717, 1.165) is 10.6 Å². The third-order valence-electron chi connectivity index (χ3n) is 4.97. The van der Waals surface area contributed by atoms with Crippen molar-refractivity contribution in [2.24, 2.45) is 5.41 Å². The largest absolute Gasteiger partial charge is 0.365 e. The summed E-state index contributed by atoms with van der Waals surface area (Å²) in [5, 5.41) is 7.91. The van der Waals surface area contributed by atoms with Crippen molar-refractivity contribution in [3.05, 3.63) is 86.1 Å². The predicted molar refractivity (Wildman–Crippen MR) is 132 cm³/mol. The van der Waals surface area contributed by atoms with Gasteiger partial charge in [0.25, 0.3) is 11.5 Å². The number of aromatic nitrogens is 4. The van der Waals surface area contributed by atoms with Gasteiger partial charge in [-0.2, -0.15) is 9.78 Å². The van der Waals surface area contributed by atoms with E-state index in [1.165, 1.54) is 22.1 Å². The molecule has 0 radical (unpaired) electrons. The highest BCUT2D eigenvalue weighted by molar-refractivity contribution is 7.16. The summed E-state index contributed by atoms with van der Waals surface area (Å²) in [4.78, 5) is 31.2. The first-order valence-electron chi connectivity index (χ1n) is 10.5. The SMILES string of the molecule is CC(C)(C)C(=O)n1nc(-c2cccc(=O)n2Cc2ccccn2)cc1NCc1ccc(Cl)s1. The fourth-order valence-corrected chi connectivity index (χ4v) is 4.32. The van der Waals surface area contributed by atoms with Gasteiger partial charge >= 0.3 is 0 Å². The molecule has 0 aliphatic heterocycles. The maximum Gasteiger partial charge on any atom is 0.254 e. The van der Waals surface area contributed by atoms with Crippen LogP contribution in [0.4, 0.5) is 5.82 Å². The molecule has 4 aromatic rings. The van der Waals surface area contributed by atoms with Gasteiger partial charge in [0.2, 0.25) is 0 Å². The predicted octanol–water partition coefficient (Wildman–Crippen LogP) is 5.17. The van der Waals surface area contributed by atoms with Crippen LogP contribution in [0.3, 0.4) is 0 Å². The van der Waals surface area contributed by atoms with Crippen LogP contribution >= 0.6 is 22.9 Å². The lowest BCUT2D eigenvalue weighted by atomic mass is 9.96. The maximum absolute atomic E-state index is 13.2. The van der Waals surface area contributed by atoms with Crippen molar-refractivity contribution in [1.29, 1.82) is 0 Å². The maximum atomic E-state index is 13.2. The standard InChI is InChI=1S/C24H24ClN5O2S/c1-24(2,3)23(32)30-21(27-14-17-10-11-20(25)33-17)13-18(28-30)19-8-6-9-22(31)29(19)15-16-7-4-5-12-26-16/h4-13,27H,14-15H2,1-3H3. The summed E-state index contributed by atoms with van der Waals surface area (Å²) in [7, 11) is 0. The van der Waals surface area contributed by atoms with Crippen LogP contribution in [0.15, 0.2) is 65.6 Å². The van der Waals surface area contributed by atoms with E-state index in [2.05, 4.69) is 15.4 Å². The summed E-state index contributed by atoms with van der Waals surface area (Å²) in [6.07, 6.45) is 1.69. The molecule has 0 aliphatic rings. The summed E-state index contributed by atoms with van der Waals surface area (Å²) in [5.41, 5.74) is 1.07. The molecule has 9 heteroatoms. The zero-order chi connectivity index (χ0) is 23.6. The van der Waals surface area contributed by atoms with Crippen LogP contribution in [0.25, 0.3) is 11.4 Å². The third kappa shape index (κ3) is 5.23. The van der Waals surface area contributed by atoms with Gasteiger partial charge in [-0.1, -0.05) is 44.5 Å². The van der Waals surface area contributed by atoms with Crippen molar-refractivity contribution in [2.45, 2.75) is 33.9 Å². The molecule has 0 spiro atoms. The van der Waals surface area contributed by atoms with Crippen molar-refractivity contribution >= 4 is 34.7 Å². The molecule has 4 heterocycles. The topological polar surface area (TPSA) is 81.8 Å². The Bertz CT molecular complexity index is 1330. The van der Waals surface area contributed by atoms with E-state index < -0.39 is 5.41 Å².